The molecule has 5 heteroatoms. The number of halogens is 2. The van der Waals surface area contributed by atoms with E-state index in [1.807, 2.05) is 48.0 Å². The third-order valence-electron chi connectivity index (χ3n) is 4.51. The van der Waals surface area contributed by atoms with Gasteiger partial charge in [-0.2, -0.15) is 5.10 Å². The Labute approximate surface area is 161 Å². The van der Waals surface area contributed by atoms with Gasteiger partial charge in [-0.25, -0.2) is 4.39 Å². The Balaban J connectivity index is 1.99. The van der Waals surface area contributed by atoms with E-state index in [0.717, 1.165) is 21.6 Å². The van der Waals surface area contributed by atoms with Crippen molar-refractivity contribution in [3.05, 3.63) is 83.4 Å². The molecule has 2 unspecified atom stereocenters. The second-order valence-electron chi connectivity index (χ2n) is 6.28. The van der Waals surface area contributed by atoms with Crippen molar-refractivity contribution < 1.29 is 4.39 Å². The summed E-state index contributed by atoms with van der Waals surface area (Å²) in [5, 5.41) is 4.75. The molecule has 3 nitrogen and oxygen atoms in total. The van der Waals surface area contributed by atoms with Crippen LogP contribution in [-0.2, 0) is 13.0 Å². The van der Waals surface area contributed by atoms with Gasteiger partial charge in [0.05, 0.1) is 22.4 Å². The zero-order valence-electron chi connectivity index (χ0n) is 14.6. The van der Waals surface area contributed by atoms with Gasteiger partial charge in [-0.15, -0.1) is 0 Å². The van der Waals surface area contributed by atoms with E-state index in [1.165, 1.54) is 0 Å². The average Bonchev–Trinajstić information content (AvgIpc) is 2.95. The first-order valence-corrected chi connectivity index (χ1v) is 9.39. The molecule has 2 heterocycles. The van der Waals surface area contributed by atoms with Crippen LogP contribution in [0.5, 0.6) is 0 Å². The van der Waals surface area contributed by atoms with Crippen molar-refractivity contribution in [3.8, 4) is 11.4 Å². The van der Waals surface area contributed by atoms with E-state index < -0.39 is 0 Å². The number of hydrogen-bond donors (Lipinski definition) is 0. The lowest BCUT2D eigenvalue weighted by Gasteiger charge is -2.23. The molecule has 0 saturated carbocycles. The van der Waals surface area contributed by atoms with Gasteiger partial charge >= 0.3 is 0 Å². The van der Waals surface area contributed by atoms with Crippen LogP contribution in [0.15, 0.2) is 77.7 Å². The summed E-state index contributed by atoms with van der Waals surface area (Å²) in [7, 11) is 0. The molecule has 2 aromatic heterocycles. The van der Waals surface area contributed by atoms with Crippen molar-refractivity contribution in [2.75, 3.05) is 0 Å². The predicted octanol–water partition coefficient (Wildman–Crippen LogP) is 5.67. The molecule has 0 fully saturated rings. The SMILES string of the molecule is C=C/C=C\Cc1c(Br)c(-c2ccccn2)nn1CC1C(F)=CC=CC1C. The van der Waals surface area contributed by atoms with Gasteiger partial charge in [-0.05, 0) is 40.1 Å². The summed E-state index contributed by atoms with van der Waals surface area (Å²) in [5.41, 5.74) is 2.56. The van der Waals surface area contributed by atoms with Crippen molar-refractivity contribution in [1.82, 2.24) is 14.8 Å². The molecule has 0 N–H and O–H groups in total. The molecule has 2 aromatic rings. The van der Waals surface area contributed by atoms with E-state index in [2.05, 4.69) is 27.5 Å². The molecule has 0 amide bonds. The van der Waals surface area contributed by atoms with E-state index >= 15 is 0 Å². The Morgan fingerprint density at radius 1 is 1.38 bits per heavy atom. The Kier molecular flexibility index (Phi) is 5.99. The third-order valence-corrected chi connectivity index (χ3v) is 5.35. The van der Waals surface area contributed by atoms with Crippen molar-refractivity contribution in [2.24, 2.45) is 11.8 Å². The second kappa shape index (κ2) is 8.41. The van der Waals surface area contributed by atoms with Crippen molar-refractivity contribution in [1.29, 1.82) is 0 Å². The molecule has 3 rings (SSSR count). The lowest BCUT2D eigenvalue weighted by Crippen LogP contribution is -2.21. The summed E-state index contributed by atoms with van der Waals surface area (Å²) in [5.74, 6) is -0.193. The summed E-state index contributed by atoms with van der Waals surface area (Å²) in [6.45, 7) is 6.22. The number of allylic oxidation sites excluding steroid dienone is 7. The number of aromatic nitrogens is 3. The van der Waals surface area contributed by atoms with Gasteiger partial charge in [0.25, 0.3) is 0 Å². The smallest absolute Gasteiger partial charge is 0.125 e. The van der Waals surface area contributed by atoms with Gasteiger partial charge in [0.2, 0.25) is 0 Å². The maximum Gasteiger partial charge on any atom is 0.125 e. The quantitative estimate of drug-likeness (QED) is 0.571. The van der Waals surface area contributed by atoms with Crippen molar-refractivity contribution in [2.45, 2.75) is 19.9 Å². The fraction of sp³-hybridized carbons (Fsp3) is 0.238. The molecule has 1 aliphatic carbocycles. The first-order chi connectivity index (χ1) is 12.6. The lowest BCUT2D eigenvalue weighted by molar-refractivity contribution is 0.329. The first kappa shape index (κ1) is 18.5. The van der Waals surface area contributed by atoms with Gasteiger partial charge in [0.1, 0.15) is 11.5 Å². The van der Waals surface area contributed by atoms with Crippen LogP contribution in [0.4, 0.5) is 4.39 Å². The highest BCUT2D eigenvalue weighted by molar-refractivity contribution is 9.10. The summed E-state index contributed by atoms with van der Waals surface area (Å²) < 4.78 is 17.2. The Hall–Kier alpha value is -2.27. The maximum absolute atomic E-state index is 14.4. The molecule has 0 bridgehead atoms. The normalized spacial score (nSPS) is 19.7. The fourth-order valence-corrected chi connectivity index (χ4v) is 3.68. The third kappa shape index (κ3) is 3.93. The van der Waals surface area contributed by atoms with Gasteiger partial charge in [0, 0.05) is 18.5 Å². The van der Waals surface area contributed by atoms with E-state index in [-0.39, 0.29) is 17.7 Å². The lowest BCUT2D eigenvalue weighted by atomic mass is 9.89. The van der Waals surface area contributed by atoms with Crippen molar-refractivity contribution >= 4 is 15.9 Å². The number of hydrogen-bond acceptors (Lipinski definition) is 2. The summed E-state index contributed by atoms with van der Waals surface area (Å²) in [6.07, 6.45) is 13.4. The first-order valence-electron chi connectivity index (χ1n) is 8.59. The highest BCUT2D eigenvalue weighted by Crippen LogP contribution is 2.33. The Morgan fingerprint density at radius 2 is 2.23 bits per heavy atom. The predicted molar refractivity (Wildman–Crippen MR) is 107 cm³/mol. The van der Waals surface area contributed by atoms with Gasteiger partial charge in [0.15, 0.2) is 0 Å². The molecule has 26 heavy (non-hydrogen) atoms. The average molecular weight is 414 g/mol. The second-order valence-corrected chi connectivity index (χ2v) is 7.07. The topological polar surface area (TPSA) is 30.7 Å². The minimum Gasteiger partial charge on any atom is -0.267 e. The van der Waals surface area contributed by atoms with E-state index in [4.69, 9.17) is 5.10 Å². The molecular formula is C21H21BrFN3. The van der Waals surface area contributed by atoms with E-state index in [0.29, 0.717) is 13.0 Å². The zero-order valence-corrected chi connectivity index (χ0v) is 16.2. The number of pyridine rings is 1. The molecular weight excluding hydrogens is 393 g/mol. The van der Waals surface area contributed by atoms with Gasteiger partial charge in [-0.3, -0.25) is 9.67 Å². The largest absolute Gasteiger partial charge is 0.267 e. The molecule has 134 valence electrons. The Morgan fingerprint density at radius 3 is 2.92 bits per heavy atom. The highest BCUT2D eigenvalue weighted by atomic mass is 79.9. The summed E-state index contributed by atoms with van der Waals surface area (Å²) in [6, 6.07) is 5.73. The zero-order chi connectivity index (χ0) is 18.5. The van der Waals surface area contributed by atoms with Crippen LogP contribution in [0.1, 0.15) is 12.6 Å². The van der Waals surface area contributed by atoms with Crippen LogP contribution < -0.4 is 0 Å². The van der Waals surface area contributed by atoms with Gasteiger partial charge < -0.3 is 0 Å². The minimum atomic E-state index is -0.217. The van der Waals surface area contributed by atoms with Crippen LogP contribution in [0.3, 0.4) is 0 Å². The summed E-state index contributed by atoms with van der Waals surface area (Å²) >= 11 is 3.68. The minimum absolute atomic E-state index is 0.0985. The number of rotatable bonds is 6. The van der Waals surface area contributed by atoms with Crippen LogP contribution >= 0.6 is 15.9 Å². The number of nitrogens with zero attached hydrogens (tertiary/aromatic N) is 3. The highest BCUT2D eigenvalue weighted by Gasteiger charge is 2.26. The molecule has 0 aliphatic heterocycles. The standard InChI is InChI=1S/C21H21BrFN3/c1-3-4-5-12-19-20(22)21(18-11-6-7-13-24-18)25-26(19)14-16-15(2)9-8-10-17(16)23/h3-11,13,15-16H,1,12,14H2,2H3/b5-4-. The molecule has 0 spiro atoms. The molecule has 0 radical (unpaired) electrons. The maximum atomic E-state index is 14.4. The van der Waals surface area contributed by atoms with E-state index in [9.17, 15) is 4.39 Å². The van der Waals surface area contributed by atoms with Crippen LogP contribution in [0.25, 0.3) is 11.4 Å². The molecule has 1 aliphatic rings. The fourth-order valence-electron chi connectivity index (χ4n) is 3.03. The van der Waals surface area contributed by atoms with Crippen LogP contribution in [-0.4, -0.2) is 14.8 Å². The van der Waals surface area contributed by atoms with Crippen LogP contribution in [0.2, 0.25) is 0 Å². The summed E-state index contributed by atoms with van der Waals surface area (Å²) in [4.78, 5) is 4.40. The van der Waals surface area contributed by atoms with Crippen molar-refractivity contribution in [3.63, 3.8) is 0 Å². The van der Waals surface area contributed by atoms with Gasteiger partial charge in [-0.1, -0.05) is 49.9 Å². The molecule has 0 saturated heterocycles. The van der Waals surface area contributed by atoms with Crippen LogP contribution in [0, 0.1) is 11.8 Å². The molecule has 2 atom stereocenters. The Bertz CT molecular complexity index is 865. The monoisotopic (exact) mass is 413 g/mol. The van der Waals surface area contributed by atoms with E-state index in [1.54, 1.807) is 24.4 Å². The molecule has 0 aromatic carbocycles.